The van der Waals surface area contributed by atoms with Crippen LogP contribution in [0.2, 0.25) is 0 Å². The van der Waals surface area contributed by atoms with E-state index in [2.05, 4.69) is 13.8 Å². The first-order valence-electron chi connectivity index (χ1n) is 6.42. The average Bonchev–Trinajstić information content (AvgIpc) is 2.32. The van der Waals surface area contributed by atoms with Gasteiger partial charge in [0.1, 0.15) is 5.75 Å². The zero-order valence-electron chi connectivity index (χ0n) is 10.9. The molecule has 1 amide bonds. The van der Waals surface area contributed by atoms with Crippen molar-refractivity contribution in [2.24, 2.45) is 0 Å². The molecule has 2 unspecified atom stereocenters. The molecule has 0 aromatic heterocycles. The Morgan fingerprint density at radius 3 is 2.56 bits per heavy atom. The lowest BCUT2D eigenvalue weighted by atomic mass is 9.96. The number of phenolic OH excluding ortho intramolecular Hbond substituents is 1. The van der Waals surface area contributed by atoms with Gasteiger partial charge in [-0.1, -0.05) is 0 Å². The first-order valence-corrected chi connectivity index (χ1v) is 6.42. The Labute approximate surface area is 107 Å². The zero-order chi connectivity index (χ0) is 13.3. The van der Waals surface area contributed by atoms with E-state index < -0.39 is 0 Å². The Morgan fingerprint density at radius 2 is 1.94 bits per heavy atom. The number of carbonyl (C=O) groups excluding carboxylic acids is 1. The Balaban J connectivity index is 2.32. The average molecular weight is 248 g/mol. The number of likely N-dealkylation sites (tertiary alicyclic amines) is 1. The SMILES string of the molecule is CC1CCCC(C)N1C(=O)c1cc(O)ccc1N. The van der Waals surface area contributed by atoms with Crippen molar-refractivity contribution in [2.45, 2.75) is 45.2 Å². The van der Waals surface area contributed by atoms with E-state index in [0.29, 0.717) is 11.3 Å². The number of nitrogens with two attached hydrogens (primary N) is 1. The van der Waals surface area contributed by atoms with Crippen molar-refractivity contribution in [2.75, 3.05) is 5.73 Å². The number of benzene rings is 1. The second kappa shape index (κ2) is 4.88. The molecule has 0 aliphatic carbocycles. The molecule has 1 aliphatic rings. The minimum absolute atomic E-state index is 0.0739. The maximum absolute atomic E-state index is 12.5. The molecule has 2 rings (SSSR count). The van der Waals surface area contributed by atoms with Crippen LogP contribution >= 0.6 is 0 Å². The molecule has 18 heavy (non-hydrogen) atoms. The number of phenols is 1. The third kappa shape index (κ3) is 2.28. The summed E-state index contributed by atoms with van der Waals surface area (Å²) in [6.45, 7) is 4.12. The Morgan fingerprint density at radius 1 is 1.33 bits per heavy atom. The van der Waals surface area contributed by atoms with Gasteiger partial charge in [0.15, 0.2) is 0 Å². The van der Waals surface area contributed by atoms with Gasteiger partial charge in [-0.15, -0.1) is 0 Å². The zero-order valence-corrected chi connectivity index (χ0v) is 10.9. The molecule has 1 aromatic rings. The molecule has 4 heteroatoms. The van der Waals surface area contributed by atoms with E-state index in [1.165, 1.54) is 12.1 Å². The molecule has 1 heterocycles. The number of nitrogens with zero attached hydrogens (tertiary/aromatic N) is 1. The molecule has 1 fully saturated rings. The molecule has 98 valence electrons. The molecule has 4 nitrogen and oxygen atoms in total. The molecule has 1 saturated heterocycles. The monoisotopic (exact) mass is 248 g/mol. The van der Waals surface area contributed by atoms with Gasteiger partial charge in [-0.05, 0) is 51.3 Å². The summed E-state index contributed by atoms with van der Waals surface area (Å²) in [4.78, 5) is 14.4. The van der Waals surface area contributed by atoms with E-state index in [9.17, 15) is 9.90 Å². The van der Waals surface area contributed by atoms with Crippen molar-refractivity contribution in [3.05, 3.63) is 23.8 Å². The number of rotatable bonds is 1. The lowest BCUT2D eigenvalue weighted by Gasteiger charge is -2.39. The van der Waals surface area contributed by atoms with Crippen LogP contribution in [-0.4, -0.2) is 28.0 Å². The minimum Gasteiger partial charge on any atom is -0.508 e. The van der Waals surface area contributed by atoms with Crippen LogP contribution in [0.1, 0.15) is 43.5 Å². The quantitative estimate of drug-likeness (QED) is 0.592. The number of carbonyl (C=O) groups is 1. The molecule has 1 aromatic carbocycles. The van der Waals surface area contributed by atoms with Gasteiger partial charge >= 0.3 is 0 Å². The third-order valence-corrected chi connectivity index (χ3v) is 3.70. The minimum atomic E-state index is -0.0805. The highest BCUT2D eigenvalue weighted by atomic mass is 16.3. The molecule has 0 spiro atoms. The van der Waals surface area contributed by atoms with Crippen LogP contribution in [0, 0.1) is 0 Å². The second-order valence-electron chi connectivity index (χ2n) is 5.11. The predicted molar refractivity (Wildman–Crippen MR) is 71.5 cm³/mol. The Hall–Kier alpha value is -1.71. The first-order chi connectivity index (χ1) is 8.50. The van der Waals surface area contributed by atoms with Gasteiger partial charge in [0.25, 0.3) is 5.91 Å². The summed E-state index contributed by atoms with van der Waals surface area (Å²) < 4.78 is 0. The number of hydrogen-bond donors (Lipinski definition) is 2. The van der Waals surface area contributed by atoms with Crippen LogP contribution in [0.15, 0.2) is 18.2 Å². The van der Waals surface area contributed by atoms with Gasteiger partial charge in [-0.25, -0.2) is 0 Å². The highest BCUT2D eigenvalue weighted by Crippen LogP contribution is 2.27. The number of aromatic hydroxyl groups is 1. The highest BCUT2D eigenvalue weighted by Gasteiger charge is 2.30. The number of amides is 1. The topological polar surface area (TPSA) is 66.6 Å². The highest BCUT2D eigenvalue weighted by molar-refractivity contribution is 5.99. The Bertz CT molecular complexity index is 449. The summed E-state index contributed by atoms with van der Waals surface area (Å²) in [6.07, 6.45) is 3.20. The lowest BCUT2D eigenvalue weighted by Crippen LogP contribution is -2.47. The van der Waals surface area contributed by atoms with Crippen molar-refractivity contribution in [3.8, 4) is 5.75 Å². The summed E-state index contributed by atoms with van der Waals surface area (Å²) in [5.41, 5.74) is 6.65. The fraction of sp³-hybridized carbons (Fsp3) is 0.500. The molecule has 0 saturated carbocycles. The fourth-order valence-electron chi connectivity index (χ4n) is 2.69. The molecule has 1 aliphatic heterocycles. The standard InChI is InChI=1S/C14H20N2O2/c1-9-4-3-5-10(2)16(9)14(18)12-8-11(17)6-7-13(12)15/h6-10,17H,3-5,15H2,1-2H3. The van der Waals surface area contributed by atoms with Crippen molar-refractivity contribution in [1.82, 2.24) is 4.90 Å². The van der Waals surface area contributed by atoms with Crippen molar-refractivity contribution in [3.63, 3.8) is 0 Å². The van der Waals surface area contributed by atoms with Gasteiger partial charge in [0.05, 0.1) is 5.56 Å². The van der Waals surface area contributed by atoms with Crippen molar-refractivity contribution < 1.29 is 9.90 Å². The van der Waals surface area contributed by atoms with Gasteiger partial charge in [-0.2, -0.15) is 0 Å². The van der Waals surface area contributed by atoms with Gasteiger partial charge in [-0.3, -0.25) is 4.79 Å². The van der Waals surface area contributed by atoms with Crippen molar-refractivity contribution >= 4 is 11.6 Å². The number of hydrogen-bond acceptors (Lipinski definition) is 3. The van der Waals surface area contributed by atoms with Crippen LogP contribution in [0.4, 0.5) is 5.69 Å². The van der Waals surface area contributed by atoms with Crippen molar-refractivity contribution in [1.29, 1.82) is 0 Å². The van der Waals surface area contributed by atoms with Crippen LogP contribution < -0.4 is 5.73 Å². The number of piperidine rings is 1. The predicted octanol–water partition coefficient (Wildman–Crippen LogP) is 2.38. The summed E-state index contributed by atoms with van der Waals surface area (Å²) in [6, 6.07) is 4.97. The van der Waals surface area contributed by atoms with Gasteiger partial charge in [0, 0.05) is 17.8 Å². The molecular formula is C14H20N2O2. The maximum atomic E-state index is 12.5. The summed E-state index contributed by atoms with van der Waals surface area (Å²) in [7, 11) is 0. The van der Waals surface area contributed by atoms with E-state index >= 15 is 0 Å². The first kappa shape index (κ1) is 12.7. The van der Waals surface area contributed by atoms with Crippen LogP contribution in [-0.2, 0) is 0 Å². The fourth-order valence-corrected chi connectivity index (χ4v) is 2.69. The largest absolute Gasteiger partial charge is 0.508 e. The Kier molecular flexibility index (Phi) is 3.45. The molecule has 3 N–H and O–H groups in total. The van der Waals surface area contributed by atoms with E-state index in [1.54, 1.807) is 6.07 Å². The third-order valence-electron chi connectivity index (χ3n) is 3.70. The normalized spacial score (nSPS) is 24.0. The van der Waals surface area contributed by atoms with Crippen LogP contribution in [0.5, 0.6) is 5.75 Å². The maximum Gasteiger partial charge on any atom is 0.256 e. The second-order valence-corrected chi connectivity index (χ2v) is 5.11. The molecule has 0 radical (unpaired) electrons. The van der Waals surface area contributed by atoms with E-state index in [-0.39, 0.29) is 23.7 Å². The molecule has 0 bridgehead atoms. The molecular weight excluding hydrogens is 228 g/mol. The van der Waals surface area contributed by atoms with Gasteiger partial charge < -0.3 is 15.7 Å². The van der Waals surface area contributed by atoms with Crippen LogP contribution in [0.3, 0.4) is 0 Å². The van der Waals surface area contributed by atoms with E-state index in [4.69, 9.17) is 5.73 Å². The van der Waals surface area contributed by atoms with Gasteiger partial charge in [0.2, 0.25) is 0 Å². The summed E-state index contributed by atoms with van der Waals surface area (Å²) in [5.74, 6) is -0.00651. The van der Waals surface area contributed by atoms with E-state index in [1.807, 2.05) is 4.90 Å². The lowest BCUT2D eigenvalue weighted by molar-refractivity contribution is 0.0511. The summed E-state index contributed by atoms with van der Waals surface area (Å²) in [5, 5.41) is 9.49. The number of nitrogen functional groups attached to an aromatic ring is 1. The number of anilines is 1. The summed E-state index contributed by atoms with van der Waals surface area (Å²) >= 11 is 0. The smallest absolute Gasteiger partial charge is 0.256 e. The molecule has 2 atom stereocenters. The van der Waals surface area contributed by atoms with Crippen LogP contribution in [0.25, 0.3) is 0 Å². The van der Waals surface area contributed by atoms with E-state index in [0.717, 1.165) is 19.3 Å².